The van der Waals surface area contributed by atoms with Crippen LogP contribution < -0.4 is 10.2 Å². The first-order valence-electron chi connectivity index (χ1n) is 9.01. The number of nitrogens with zero attached hydrogens (tertiary/aromatic N) is 4. The molecule has 136 valence electrons. The summed E-state index contributed by atoms with van der Waals surface area (Å²) in [4.78, 5) is 26.1. The van der Waals surface area contributed by atoms with E-state index in [1.54, 1.807) is 0 Å². The molecular weight excluding hydrogens is 330 g/mol. The summed E-state index contributed by atoms with van der Waals surface area (Å²) in [5.41, 5.74) is 2.92. The lowest BCUT2D eigenvalue weighted by molar-refractivity contribution is 0.122. The highest BCUT2D eigenvalue weighted by molar-refractivity contribution is 5.89. The molecule has 7 heteroatoms. The number of urea groups is 1. The van der Waals surface area contributed by atoms with Gasteiger partial charge in [0.05, 0.1) is 25.5 Å². The molecule has 0 radical (unpaired) electrons. The number of benzene rings is 1. The van der Waals surface area contributed by atoms with Crippen LogP contribution in [0.15, 0.2) is 30.3 Å². The van der Waals surface area contributed by atoms with Gasteiger partial charge in [-0.15, -0.1) is 0 Å². The fourth-order valence-electron chi connectivity index (χ4n) is 3.45. The highest BCUT2D eigenvalue weighted by atomic mass is 16.5. The third-order valence-electron chi connectivity index (χ3n) is 4.77. The average molecular weight is 353 g/mol. The van der Waals surface area contributed by atoms with Crippen LogP contribution in [0.25, 0.3) is 0 Å². The van der Waals surface area contributed by atoms with E-state index in [1.165, 1.54) is 0 Å². The number of carbonyl (C=O) groups is 1. The third-order valence-corrected chi connectivity index (χ3v) is 4.77. The van der Waals surface area contributed by atoms with Gasteiger partial charge in [-0.1, -0.05) is 18.2 Å². The smallest absolute Gasteiger partial charge is 0.322 e. The lowest BCUT2D eigenvalue weighted by Gasteiger charge is -2.34. The van der Waals surface area contributed by atoms with Crippen molar-refractivity contribution in [2.75, 3.05) is 43.1 Å². The number of anilines is 2. The Balaban J connectivity index is 1.56. The number of amides is 2. The number of carbonyl (C=O) groups excluding carboxylic acids is 1. The van der Waals surface area contributed by atoms with Crippen LogP contribution in [0, 0.1) is 6.92 Å². The molecule has 4 rings (SSSR count). The minimum atomic E-state index is -0.0876. The largest absolute Gasteiger partial charge is 0.378 e. The maximum Gasteiger partial charge on any atom is 0.322 e. The number of morpholine rings is 1. The molecule has 2 amide bonds. The number of aryl methyl sites for hydroxylation is 1. The molecular formula is C19H23N5O2. The average Bonchev–Trinajstić information content (AvgIpc) is 2.68. The predicted molar refractivity (Wildman–Crippen MR) is 99.4 cm³/mol. The van der Waals surface area contributed by atoms with Gasteiger partial charge in [0, 0.05) is 37.3 Å². The lowest BCUT2D eigenvalue weighted by atomic mass is 10.1. The summed E-state index contributed by atoms with van der Waals surface area (Å²) >= 11 is 0. The third kappa shape index (κ3) is 3.48. The minimum Gasteiger partial charge on any atom is -0.378 e. The van der Waals surface area contributed by atoms with Gasteiger partial charge in [-0.3, -0.25) is 0 Å². The molecule has 0 unspecified atom stereocenters. The normalized spacial score (nSPS) is 17.0. The molecule has 2 aliphatic rings. The zero-order valence-corrected chi connectivity index (χ0v) is 14.9. The van der Waals surface area contributed by atoms with Crippen LogP contribution >= 0.6 is 0 Å². The molecule has 0 aliphatic carbocycles. The van der Waals surface area contributed by atoms with Crippen molar-refractivity contribution in [3.05, 3.63) is 47.4 Å². The van der Waals surface area contributed by atoms with Crippen molar-refractivity contribution in [3.63, 3.8) is 0 Å². The fourth-order valence-corrected chi connectivity index (χ4v) is 3.45. The van der Waals surface area contributed by atoms with E-state index >= 15 is 0 Å². The number of ether oxygens (including phenoxy) is 1. The zero-order valence-electron chi connectivity index (χ0n) is 14.9. The first-order valence-corrected chi connectivity index (χ1v) is 9.01. The predicted octanol–water partition coefficient (Wildman–Crippen LogP) is 2.21. The lowest BCUT2D eigenvalue weighted by Crippen LogP contribution is -2.42. The Morgan fingerprint density at radius 1 is 1.12 bits per heavy atom. The SMILES string of the molecule is Cc1nc2c(c(N3CCOCC3)n1)CN(C(=O)Nc1ccccc1)CC2. The molecule has 0 atom stereocenters. The maximum absolute atomic E-state index is 12.7. The van der Waals surface area contributed by atoms with Gasteiger partial charge in [0.2, 0.25) is 0 Å². The number of hydrogen-bond acceptors (Lipinski definition) is 5. The van der Waals surface area contributed by atoms with Gasteiger partial charge in [0.25, 0.3) is 0 Å². The van der Waals surface area contributed by atoms with Crippen LogP contribution in [-0.2, 0) is 17.7 Å². The van der Waals surface area contributed by atoms with E-state index in [0.717, 1.165) is 48.1 Å². The first kappa shape index (κ1) is 16.8. The van der Waals surface area contributed by atoms with Gasteiger partial charge >= 0.3 is 6.03 Å². The second kappa shape index (κ2) is 7.29. The molecule has 7 nitrogen and oxygen atoms in total. The van der Waals surface area contributed by atoms with E-state index in [-0.39, 0.29) is 6.03 Å². The summed E-state index contributed by atoms with van der Waals surface area (Å²) in [7, 11) is 0. The van der Waals surface area contributed by atoms with Crippen molar-refractivity contribution in [3.8, 4) is 0 Å². The van der Waals surface area contributed by atoms with Crippen molar-refractivity contribution in [1.82, 2.24) is 14.9 Å². The molecule has 1 N–H and O–H groups in total. The second-order valence-electron chi connectivity index (χ2n) is 6.59. The molecule has 0 saturated carbocycles. The Hall–Kier alpha value is -2.67. The molecule has 1 aromatic carbocycles. The van der Waals surface area contributed by atoms with Crippen molar-refractivity contribution in [2.24, 2.45) is 0 Å². The van der Waals surface area contributed by atoms with Gasteiger partial charge in [0.1, 0.15) is 11.6 Å². The molecule has 1 saturated heterocycles. The Bertz CT molecular complexity index is 790. The van der Waals surface area contributed by atoms with Crippen LogP contribution in [0.1, 0.15) is 17.1 Å². The molecule has 2 aromatic rings. The first-order chi connectivity index (χ1) is 12.7. The maximum atomic E-state index is 12.7. The quantitative estimate of drug-likeness (QED) is 0.896. The zero-order chi connectivity index (χ0) is 17.9. The highest BCUT2D eigenvalue weighted by Crippen LogP contribution is 2.27. The molecule has 3 heterocycles. The summed E-state index contributed by atoms with van der Waals surface area (Å²) in [6.07, 6.45) is 0.748. The van der Waals surface area contributed by atoms with Crippen molar-refractivity contribution >= 4 is 17.5 Å². The number of rotatable bonds is 2. The van der Waals surface area contributed by atoms with Gasteiger partial charge in [0.15, 0.2) is 0 Å². The number of para-hydroxylation sites is 1. The van der Waals surface area contributed by atoms with E-state index in [4.69, 9.17) is 4.74 Å². The second-order valence-corrected chi connectivity index (χ2v) is 6.59. The summed E-state index contributed by atoms with van der Waals surface area (Å²) < 4.78 is 5.46. The standard InChI is InChI=1S/C19H23N5O2/c1-14-20-17-7-8-24(19(25)22-15-5-3-2-4-6-15)13-16(17)18(21-14)23-9-11-26-12-10-23/h2-6H,7-13H2,1H3,(H,22,25). The Morgan fingerprint density at radius 2 is 1.88 bits per heavy atom. The topological polar surface area (TPSA) is 70.6 Å². The van der Waals surface area contributed by atoms with Gasteiger partial charge in [-0.2, -0.15) is 0 Å². The molecule has 26 heavy (non-hydrogen) atoms. The number of hydrogen-bond donors (Lipinski definition) is 1. The van der Waals surface area contributed by atoms with Crippen LogP contribution in [-0.4, -0.2) is 53.7 Å². The molecule has 2 aliphatic heterocycles. The summed E-state index contributed by atoms with van der Waals surface area (Å²) in [5, 5.41) is 2.97. The van der Waals surface area contributed by atoms with E-state index in [9.17, 15) is 4.79 Å². The van der Waals surface area contributed by atoms with Crippen LogP contribution in [0.2, 0.25) is 0 Å². The van der Waals surface area contributed by atoms with Crippen LogP contribution in [0.5, 0.6) is 0 Å². The Labute approximate surface area is 153 Å². The van der Waals surface area contributed by atoms with E-state index < -0.39 is 0 Å². The van der Waals surface area contributed by atoms with E-state index in [2.05, 4.69) is 20.2 Å². The van der Waals surface area contributed by atoms with Crippen LogP contribution in [0.3, 0.4) is 0 Å². The molecule has 0 bridgehead atoms. The minimum absolute atomic E-state index is 0.0876. The van der Waals surface area contributed by atoms with E-state index in [0.29, 0.717) is 26.3 Å². The van der Waals surface area contributed by atoms with Gasteiger partial charge < -0.3 is 19.9 Å². The number of nitrogens with one attached hydrogen (secondary N) is 1. The monoisotopic (exact) mass is 353 g/mol. The molecule has 0 spiro atoms. The summed E-state index contributed by atoms with van der Waals surface area (Å²) in [5.74, 6) is 1.74. The Morgan fingerprint density at radius 3 is 2.65 bits per heavy atom. The summed E-state index contributed by atoms with van der Waals surface area (Å²) in [6.45, 7) is 6.16. The highest BCUT2D eigenvalue weighted by Gasteiger charge is 2.27. The van der Waals surface area contributed by atoms with Gasteiger partial charge in [-0.25, -0.2) is 14.8 Å². The van der Waals surface area contributed by atoms with Crippen molar-refractivity contribution in [1.29, 1.82) is 0 Å². The molecule has 1 aromatic heterocycles. The van der Waals surface area contributed by atoms with Crippen molar-refractivity contribution < 1.29 is 9.53 Å². The molecule has 1 fully saturated rings. The van der Waals surface area contributed by atoms with Crippen molar-refractivity contribution in [2.45, 2.75) is 19.9 Å². The number of fused-ring (bicyclic) bond motifs is 1. The fraction of sp³-hybridized carbons (Fsp3) is 0.421. The Kier molecular flexibility index (Phi) is 4.71. The van der Waals surface area contributed by atoms with Gasteiger partial charge in [-0.05, 0) is 19.1 Å². The summed E-state index contributed by atoms with van der Waals surface area (Å²) in [6, 6.07) is 9.45. The number of aromatic nitrogens is 2. The van der Waals surface area contributed by atoms with E-state index in [1.807, 2.05) is 42.2 Å². The van der Waals surface area contributed by atoms with Crippen LogP contribution in [0.4, 0.5) is 16.3 Å².